The van der Waals surface area contributed by atoms with Gasteiger partial charge in [-0.25, -0.2) is 9.38 Å². The maximum absolute atomic E-state index is 13.8. The highest BCUT2D eigenvalue weighted by molar-refractivity contribution is 6.28. The first-order valence-electron chi connectivity index (χ1n) is 7.44. The zero-order valence-corrected chi connectivity index (χ0v) is 13.3. The lowest BCUT2D eigenvalue weighted by molar-refractivity contribution is -0.113. The van der Waals surface area contributed by atoms with Crippen LogP contribution in [0.15, 0.2) is 59.2 Å². The zero-order chi connectivity index (χ0) is 17.3. The van der Waals surface area contributed by atoms with E-state index in [0.717, 1.165) is 0 Å². The fraction of sp³-hybridized carbons (Fsp3) is 0.105. The molecule has 0 aliphatic carbocycles. The topological polar surface area (TPSA) is 49.7 Å². The van der Waals surface area contributed by atoms with Crippen molar-refractivity contribution >= 4 is 29.3 Å². The summed E-state index contributed by atoms with van der Waals surface area (Å²) in [6, 6.07) is 12.9. The molecule has 1 aliphatic rings. The van der Waals surface area contributed by atoms with Gasteiger partial charge >= 0.3 is 0 Å². The molecule has 0 saturated carbocycles. The molecule has 1 amide bonds. The molecule has 0 unspecified atom stereocenters. The molecular formula is C19H15FN2O2. The van der Waals surface area contributed by atoms with Gasteiger partial charge in [-0.2, -0.15) is 0 Å². The Kier molecular flexibility index (Phi) is 4.08. The van der Waals surface area contributed by atoms with Gasteiger partial charge in [-0.15, -0.1) is 0 Å². The van der Waals surface area contributed by atoms with E-state index in [1.54, 1.807) is 49.4 Å². The van der Waals surface area contributed by atoms with Crippen LogP contribution in [0.2, 0.25) is 0 Å². The van der Waals surface area contributed by atoms with Crippen LogP contribution in [0.4, 0.5) is 10.1 Å². The molecule has 1 heterocycles. The van der Waals surface area contributed by atoms with Crippen LogP contribution in [0.1, 0.15) is 29.8 Å². The monoisotopic (exact) mass is 322 g/mol. The number of halogens is 1. The van der Waals surface area contributed by atoms with Crippen molar-refractivity contribution in [1.82, 2.24) is 0 Å². The summed E-state index contributed by atoms with van der Waals surface area (Å²) < 4.78 is 13.8. The van der Waals surface area contributed by atoms with Gasteiger partial charge in [-0.1, -0.05) is 18.2 Å². The molecule has 0 atom stereocenters. The summed E-state index contributed by atoms with van der Waals surface area (Å²) in [7, 11) is 0. The van der Waals surface area contributed by atoms with E-state index in [2.05, 4.69) is 4.99 Å². The second-order valence-corrected chi connectivity index (χ2v) is 5.45. The molecule has 120 valence electrons. The molecule has 0 radical (unpaired) electrons. The lowest BCUT2D eigenvalue weighted by atomic mass is 10.1. The first kappa shape index (κ1) is 15.8. The highest BCUT2D eigenvalue weighted by Gasteiger charge is 2.29. The molecular weight excluding hydrogens is 307 g/mol. The third-order valence-corrected chi connectivity index (χ3v) is 3.76. The number of aliphatic imine (C=N–C) groups is 1. The molecule has 0 saturated heterocycles. The van der Waals surface area contributed by atoms with E-state index in [1.165, 1.54) is 24.0 Å². The molecule has 0 aromatic heterocycles. The molecule has 0 bridgehead atoms. The summed E-state index contributed by atoms with van der Waals surface area (Å²) in [4.78, 5) is 29.6. The van der Waals surface area contributed by atoms with Crippen molar-refractivity contribution in [2.75, 3.05) is 4.90 Å². The standard InChI is InChI=1S/C19H15FN2O2/c1-12(23)14-7-9-16(10-8-14)22-13(2)21-18(19(22)24)11-15-5-3-4-6-17(15)20/h3-11H,1-2H3/b18-11+. The Balaban J connectivity index is 1.93. The number of rotatable bonds is 3. The third kappa shape index (κ3) is 2.88. The number of amides is 1. The highest BCUT2D eigenvalue weighted by atomic mass is 19.1. The Hall–Kier alpha value is -3.08. The number of ketones is 1. The molecule has 2 aromatic rings. The van der Waals surface area contributed by atoms with E-state index in [4.69, 9.17) is 0 Å². The van der Waals surface area contributed by atoms with Crippen LogP contribution in [-0.2, 0) is 4.79 Å². The SMILES string of the molecule is CC(=O)c1ccc(N2C(=O)/C(=C\c3ccccc3F)N=C2C)cc1. The summed E-state index contributed by atoms with van der Waals surface area (Å²) in [5.74, 6) is -0.278. The van der Waals surface area contributed by atoms with Crippen LogP contribution in [0.3, 0.4) is 0 Å². The van der Waals surface area contributed by atoms with Gasteiger partial charge in [-0.05, 0) is 50.3 Å². The van der Waals surface area contributed by atoms with E-state index in [0.29, 0.717) is 22.6 Å². The van der Waals surface area contributed by atoms with E-state index in [-0.39, 0.29) is 17.4 Å². The molecule has 5 heteroatoms. The molecule has 3 rings (SSSR count). The number of hydrogen-bond donors (Lipinski definition) is 0. The first-order chi connectivity index (χ1) is 11.5. The molecule has 0 N–H and O–H groups in total. The summed E-state index contributed by atoms with van der Waals surface area (Å²) in [5.41, 5.74) is 1.67. The smallest absolute Gasteiger partial charge is 0.282 e. The van der Waals surface area contributed by atoms with Gasteiger partial charge in [0, 0.05) is 11.1 Å². The summed E-state index contributed by atoms with van der Waals surface area (Å²) in [6.07, 6.45) is 1.44. The first-order valence-corrected chi connectivity index (χ1v) is 7.44. The van der Waals surface area contributed by atoms with E-state index < -0.39 is 5.82 Å². The fourth-order valence-corrected chi connectivity index (χ4v) is 2.52. The number of Topliss-reactive ketones (excluding diaryl/α,β-unsaturated/α-hetero) is 1. The number of carbonyl (C=O) groups excluding carboxylic acids is 2. The molecule has 4 nitrogen and oxygen atoms in total. The van der Waals surface area contributed by atoms with E-state index in [1.807, 2.05) is 0 Å². The highest BCUT2D eigenvalue weighted by Crippen LogP contribution is 2.25. The van der Waals surface area contributed by atoms with E-state index in [9.17, 15) is 14.0 Å². The van der Waals surface area contributed by atoms with Crippen molar-refractivity contribution < 1.29 is 14.0 Å². The predicted molar refractivity (Wildman–Crippen MR) is 91.4 cm³/mol. The number of amidine groups is 1. The van der Waals surface area contributed by atoms with Gasteiger partial charge in [0.2, 0.25) is 0 Å². The Labute approximate surface area is 138 Å². The van der Waals surface area contributed by atoms with E-state index >= 15 is 0 Å². The third-order valence-electron chi connectivity index (χ3n) is 3.76. The average Bonchev–Trinajstić information content (AvgIpc) is 2.84. The molecule has 1 aliphatic heterocycles. The van der Waals surface area contributed by atoms with Crippen molar-refractivity contribution in [3.8, 4) is 0 Å². The van der Waals surface area contributed by atoms with Crippen molar-refractivity contribution in [3.63, 3.8) is 0 Å². The Morgan fingerprint density at radius 1 is 1.12 bits per heavy atom. The van der Waals surface area contributed by atoms with Crippen molar-refractivity contribution in [1.29, 1.82) is 0 Å². The predicted octanol–water partition coefficient (Wildman–Crippen LogP) is 3.83. The van der Waals surface area contributed by atoms with Crippen LogP contribution < -0.4 is 4.90 Å². The lowest BCUT2D eigenvalue weighted by Gasteiger charge is -2.16. The second kappa shape index (κ2) is 6.20. The van der Waals surface area contributed by atoms with Crippen LogP contribution in [-0.4, -0.2) is 17.5 Å². The Bertz CT molecular complexity index is 882. The van der Waals surface area contributed by atoms with Crippen LogP contribution in [0, 0.1) is 5.82 Å². The fourth-order valence-electron chi connectivity index (χ4n) is 2.52. The number of nitrogens with zero attached hydrogens (tertiary/aromatic N) is 2. The minimum absolute atomic E-state index is 0.0418. The number of carbonyl (C=O) groups is 2. The lowest BCUT2D eigenvalue weighted by Crippen LogP contribution is -2.30. The van der Waals surface area contributed by atoms with Crippen LogP contribution in [0.5, 0.6) is 0 Å². The Morgan fingerprint density at radius 2 is 1.79 bits per heavy atom. The summed E-state index contributed by atoms with van der Waals surface area (Å²) in [6.45, 7) is 3.19. The van der Waals surface area contributed by atoms with Gasteiger partial charge < -0.3 is 0 Å². The van der Waals surface area contributed by atoms with Gasteiger partial charge in [0.15, 0.2) is 5.78 Å². The van der Waals surface area contributed by atoms with Crippen LogP contribution in [0.25, 0.3) is 6.08 Å². The quantitative estimate of drug-likeness (QED) is 0.637. The van der Waals surface area contributed by atoms with Gasteiger partial charge in [0.25, 0.3) is 5.91 Å². The second-order valence-electron chi connectivity index (χ2n) is 5.45. The van der Waals surface area contributed by atoms with Gasteiger partial charge in [0.1, 0.15) is 17.3 Å². The van der Waals surface area contributed by atoms with Gasteiger partial charge in [0.05, 0.1) is 5.69 Å². The van der Waals surface area contributed by atoms with Crippen molar-refractivity contribution in [3.05, 3.63) is 71.2 Å². The number of benzene rings is 2. The minimum atomic E-state index is -0.407. The van der Waals surface area contributed by atoms with Gasteiger partial charge in [-0.3, -0.25) is 14.5 Å². The summed E-state index contributed by atoms with van der Waals surface area (Å²) >= 11 is 0. The average molecular weight is 322 g/mol. The zero-order valence-electron chi connectivity index (χ0n) is 13.3. The number of hydrogen-bond acceptors (Lipinski definition) is 3. The summed E-state index contributed by atoms with van der Waals surface area (Å²) in [5, 5.41) is 0. The molecule has 24 heavy (non-hydrogen) atoms. The van der Waals surface area contributed by atoms with Crippen LogP contribution >= 0.6 is 0 Å². The maximum atomic E-state index is 13.8. The largest absolute Gasteiger partial charge is 0.295 e. The Morgan fingerprint density at radius 3 is 2.42 bits per heavy atom. The minimum Gasteiger partial charge on any atom is -0.295 e. The molecule has 0 spiro atoms. The number of anilines is 1. The molecule has 2 aromatic carbocycles. The van der Waals surface area contributed by atoms with Crippen molar-refractivity contribution in [2.24, 2.45) is 4.99 Å². The molecule has 0 fully saturated rings. The normalized spacial score (nSPS) is 15.8. The maximum Gasteiger partial charge on any atom is 0.282 e. The van der Waals surface area contributed by atoms with Crippen molar-refractivity contribution in [2.45, 2.75) is 13.8 Å².